The van der Waals surface area contributed by atoms with Crippen LogP contribution in [0.3, 0.4) is 0 Å². The molecular formula is C13H29N3. The van der Waals surface area contributed by atoms with E-state index < -0.39 is 0 Å². The Morgan fingerprint density at radius 1 is 1.19 bits per heavy atom. The molecule has 0 atom stereocenters. The van der Waals surface area contributed by atoms with Crippen molar-refractivity contribution in [2.24, 2.45) is 0 Å². The Bertz CT molecular complexity index is 155. The van der Waals surface area contributed by atoms with E-state index >= 15 is 0 Å². The highest BCUT2D eigenvalue weighted by molar-refractivity contribution is 4.77. The summed E-state index contributed by atoms with van der Waals surface area (Å²) in [5.41, 5.74) is 0. The van der Waals surface area contributed by atoms with Crippen LogP contribution >= 0.6 is 0 Å². The first-order chi connectivity index (χ1) is 7.88. The van der Waals surface area contributed by atoms with E-state index in [-0.39, 0.29) is 0 Å². The molecule has 2 N–H and O–H groups in total. The maximum Gasteiger partial charge on any atom is 0.0119 e. The zero-order chi connectivity index (χ0) is 11.6. The van der Waals surface area contributed by atoms with Crippen LogP contribution in [-0.4, -0.2) is 50.2 Å². The van der Waals surface area contributed by atoms with Crippen LogP contribution in [0.5, 0.6) is 0 Å². The standard InChI is InChI=1S/C13H29N3/c1-3-11-16(12-5-8-14-4-2)13-6-9-15-10-7-13/h13-15H,3-12H2,1-2H3. The van der Waals surface area contributed by atoms with Crippen molar-refractivity contribution in [1.82, 2.24) is 15.5 Å². The van der Waals surface area contributed by atoms with Crippen molar-refractivity contribution in [1.29, 1.82) is 0 Å². The predicted molar refractivity (Wildman–Crippen MR) is 70.9 cm³/mol. The first-order valence-corrected chi connectivity index (χ1v) is 7.04. The van der Waals surface area contributed by atoms with Crippen molar-refractivity contribution >= 4 is 0 Å². The Balaban J connectivity index is 2.22. The van der Waals surface area contributed by atoms with Gasteiger partial charge in [-0.05, 0) is 65.0 Å². The molecule has 0 saturated carbocycles. The van der Waals surface area contributed by atoms with E-state index in [1.54, 1.807) is 0 Å². The number of nitrogens with zero attached hydrogens (tertiary/aromatic N) is 1. The summed E-state index contributed by atoms with van der Waals surface area (Å²) < 4.78 is 0. The van der Waals surface area contributed by atoms with Crippen LogP contribution in [-0.2, 0) is 0 Å². The van der Waals surface area contributed by atoms with Crippen molar-refractivity contribution in [3.8, 4) is 0 Å². The molecule has 0 aromatic carbocycles. The summed E-state index contributed by atoms with van der Waals surface area (Å²) in [5, 5.41) is 6.86. The third-order valence-corrected chi connectivity index (χ3v) is 3.38. The monoisotopic (exact) mass is 227 g/mol. The maximum atomic E-state index is 3.45. The van der Waals surface area contributed by atoms with Gasteiger partial charge in [-0.3, -0.25) is 0 Å². The molecule has 96 valence electrons. The second kappa shape index (κ2) is 8.97. The van der Waals surface area contributed by atoms with Gasteiger partial charge in [0.05, 0.1) is 0 Å². The van der Waals surface area contributed by atoms with E-state index in [0.717, 1.165) is 12.6 Å². The summed E-state index contributed by atoms with van der Waals surface area (Å²) in [6.07, 6.45) is 5.24. The molecule has 1 saturated heterocycles. The summed E-state index contributed by atoms with van der Waals surface area (Å²) in [6, 6.07) is 0.836. The summed E-state index contributed by atoms with van der Waals surface area (Å²) in [7, 11) is 0. The van der Waals surface area contributed by atoms with Gasteiger partial charge in [0.2, 0.25) is 0 Å². The Morgan fingerprint density at radius 3 is 2.56 bits per heavy atom. The van der Waals surface area contributed by atoms with Crippen molar-refractivity contribution in [2.75, 3.05) is 39.3 Å². The number of nitrogens with one attached hydrogen (secondary N) is 2. The minimum atomic E-state index is 0.836. The van der Waals surface area contributed by atoms with Crippen LogP contribution in [0.1, 0.15) is 39.5 Å². The number of rotatable bonds is 8. The van der Waals surface area contributed by atoms with E-state index in [2.05, 4.69) is 29.4 Å². The highest BCUT2D eigenvalue weighted by atomic mass is 15.2. The molecule has 1 aliphatic rings. The molecule has 3 heteroatoms. The lowest BCUT2D eigenvalue weighted by Crippen LogP contribution is -2.44. The smallest absolute Gasteiger partial charge is 0.0119 e. The fourth-order valence-electron chi connectivity index (χ4n) is 2.52. The van der Waals surface area contributed by atoms with Crippen LogP contribution in [0.4, 0.5) is 0 Å². The molecule has 0 bridgehead atoms. The Labute approximate surface area is 101 Å². The van der Waals surface area contributed by atoms with E-state index in [4.69, 9.17) is 0 Å². The van der Waals surface area contributed by atoms with Gasteiger partial charge in [0.15, 0.2) is 0 Å². The summed E-state index contributed by atoms with van der Waals surface area (Å²) in [4.78, 5) is 2.71. The lowest BCUT2D eigenvalue weighted by molar-refractivity contribution is 0.160. The average Bonchev–Trinajstić information content (AvgIpc) is 2.34. The van der Waals surface area contributed by atoms with Crippen LogP contribution in [0.2, 0.25) is 0 Å². The van der Waals surface area contributed by atoms with Gasteiger partial charge in [-0.15, -0.1) is 0 Å². The van der Waals surface area contributed by atoms with Crippen LogP contribution in [0.25, 0.3) is 0 Å². The Kier molecular flexibility index (Phi) is 7.81. The molecule has 1 heterocycles. The molecule has 0 spiro atoms. The van der Waals surface area contributed by atoms with Gasteiger partial charge < -0.3 is 15.5 Å². The topological polar surface area (TPSA) is 27.3 Å². The number of hydrogen-bond acceptors (Lipinski definition) is 3. The molecule has 0 aromatic rings. The van der Waals surface area contributed by atoms with Crippen molar-refractivity contribution < 1.29 is 0 Å². The Hall–Kier alpha value is -0.120. The predicted octanol–water partition coefficient (Wildman–Crippen LogP) is 1.45. The molecular weight excluding hydrogens is 198 g/mol. The van der Waals surface area contributed by atoms with Gasteiger partial charge in [0.1, 0.15) is 0 Å². The lowest BCUT2D eigenvalue weighted by atomic mass is 10.0. The fourth-order valence-corrected chi connectivity index (χ4v) is 2.52. The highest BCUT2D eigenvalue weighted by Crippen LogP contribution is 2.12. The van der Waals surface area contributed by atoms with E-state index in [1.807, 2.05) is 0 Å². The summed E-state index contributed by atoms with van der Waals surface area (Å²) in [5.74, 6) is 0. The molecule has 1 fully saturated rings. The molecule has 1 rings (SSSR count). The molecule has 0 amide bonds. The fraction of sp³-hybridized carbons (Fsp3) is 1.00. The molecule has 0 unspecified atom stereocenters. The molecule has 0 aromatic heterocycles. The second-order valence-electron chi connectivity index (χ2n) is 4.72. The lowest BCUT2D eigenvalue weighted by Gasteiger charge is -2.34. The van der Waals surface area contributed by atoms with Gasteiger partial charge in [0.25, 0.3) is 0 Å². The first-order valence-electron chi connectivity index (χ1n) is 7.04. The third kappa shape index (κ3) is 5.28. The second-order valence-corrected chi connectivity index (χ2v) is 4.72. The minimum Gasteiger partial charge on any atom is -0.317 e. The van der Waals surface area contributed by atoms with Crippen LogP contribution in [0, 0.1) is 0 Å². The largest absolute Gasteiger partial charge is 0.317 e. The van der Waals surface area contributed by atoms with Crippen molar-refractivity contribution in [3.05, 3.63) is 0 Å². The first kappa shape index (κ1) is 13.9. The molecule has 16 heavy (non-hydrogen) atoms. The average molecular weight is 227 g/mol. The van der Waals surface area contributed by atoms with Crippen molar-refractivity contribution in [3.63, 3.8) is 0 Å². The van der Waals surface area contributed by atoms with Gasteiger partial charge >= 0.3 is 0 Å². The minimum absolute atomic E-state index is 0.836. The normalized spacial score (nSPS) is 18.2. The van der Waals surface area contributed by atoms with Gasteiger partial charge in [-0.1, -0.05) is 13.8 Å². The third-order valence-electron chi connectivity index (χ3n) is 3.38. The quantitative estimate of drug-likeness (QED) is 0.615. The highest BCUT2D eigenvalue weighted by Gasteiger charge is 2.19. The Morgan fingerprint density at radius 2 is 1.94 bits per heavy atom. The molecule has 0 radical (unpaired) electrons. The molecule has 1 aliphatic heterocycles. The van der Waals surface area contributed by atoms with Gasteiger partial charge in [-0.2, -0.15) is 0 Å². The SMILES string of the molecule is CCCN(CCCNCC)C1CCNCC1. The van der Waals surface area contributed by atoms with E-state index in [1.165, 1.54) is 58.4 Å². The van der Waals surface area contributed by atoms with Gasteiger partial charge in [-0.25, -0.2) is 0 Å². The van der Waals surface area contributed by atoms with Crippen molar-refractivity contribution in [2.45, 2.75) is 45.6 Å². The van der Waals surface area contributed by atoms with Crippen LogP contribution < -0.4 is 10.6 Å². The summed E-state index contributed by atoms with van der Waals surface area (Å²) in [6.45, 7) is 11.7. The number of piperidine rings is 1. The molecule has 3 nitrogen and oxygen atoms in total. The van der Waals surface area contributed by atoms with E-state index in [9.17, 15) is 0 Å². The van der Waals surface area contributed by atoms with Crippen LogP contribution in [0.15, 0.2) is 0 Å². The molecule has 0 aliphatic carbocycles. The summed E-state index contributed by atoms with van der Waals surface area (Å²) >= 11 is 0. The van der Waals surface area contributed by atoms with Gasteiger partial charge in [0, 0.05) is 6.04 Å². The zero-order valence-corrected chi connectivity index (χ0v) is 11.1. The number of hydrogen-bond donors (Lipinski definition) is 2. The zero-order valence-electron chi connectivity index (χ0n) is 11.1. The van der Waals surface area contributed by atoms with E-state index in [0.29, 0.717) is 0 Å². The maximum absolute atomic E-state index is 3.45.